The second kappa shape index (κ2) is 6.51. The van der Waals surface area contributed by atoms with Gasteiger partial charge >= 0.3 is 0 Å². The third-order valence-corrected chi connectivity index (χ3v) is 4.68. The monoisotopic (exact) mass is 350 g/mol. The molecule has 0 unspecified atom stereocenters. The summed E-state index contributed by atoms with van der Waals surface area (Å²) in [6.07, 6.45) is 4.05. The molecule has 1 atom stereocenters. The molecule has 7 heteroatoms. The van der Waals surface area contributed by atoms with Crippen LogP contribution in [0.25, 0.3) is 16.6 Å². The molecule has 0 aliphatic carbocycles. The number of hydrogen-bond donors (Lipinski definition) is 3. The van der Waals surface area contributed by atoms with Gasteiger partial charge in [-0.25, -0.2) is 4.52 Å². The van der Waals surface area contributed by atoms with Gasteiger partial charge in [0, 0.05) is 40.9 Å². The summed E-state index contributed by atoms with van der Waals surface area (Å²) in [5, 5.41) is 26.6. The predicted molar refractivity (Wildman–Crippen MR) is 99.8 cm³/mol. The molecule has 3 aromatic heterocycles. The topological polar surface area (TPSA) is 91.1 Å². The number of benzene rings is 1. The van der Waals surface area contributed by atoms with Gasteiger partial charge in [-0.1, -0.05) is 24.3 Å². The zero-order valence-electron chi connectivity index (χ0n) is 14.8. The molecule has 4 aromatic rings. The zero-order chi connectivity index (χ0) is 18.1. The first-order chi connectivity index (χ1) is 12.5. The maximum absolute atomic E-state index is 10.5. The molecule has 0 saturated carbocycles. The van der Waals surface area contributed by atoms with Crippen LogP contribution in [0.2, 0.25) is 0 Å². The molecule has 134 valence electrons. The minimum atomic E-state index is -0.633. The van der Waals surface area contributed by atoms with E-state index in [-0.39, 0.29) is 5.54 Å². The van der Waals surface area contributed by atoms with E-state index in [0.29, 0.717) is 12.2 Å². The summed E-state index contributed by atoms with van der Waals surface area (Å²) in [5.41, 5.74) is 3.69. The van der Waals surface area contributed by atoms with E-state index < -0.39 is 6.10 Å². The molecule has 0 bridgehead atoms. The van der Waals surface area contributed by atoms with Crippen molar-refractivity contribution in [2.24, 2.45) is 0 Å². The summed E-state index contributed by atoms with van der Waals surface area (Å²) in [4.78, 5) is 3.32. The Kier molecular flexibility index (Phi) is 4.18. The molecular formula is C19H22N6O. The van der Waals surface area contributed by atoms with Crippen molar-refractivity contribution in [3.05, 3.63) is 59.9 Å². The van der Waals surface area contributed by atoms with E-state index in [1.54, 1.807) is 16.8 Å². The fourth-order valence-corrected chi connectivity index (χ4v) is 3.26. The Morgan fingerprint density at radius 2 is 2.08 bits per heavy atom. The van der Waals surface area contributed by atoms with E-state index >= 15 is 0 Å². The van der Waals surface area contributed by atoms with Crippen LogP contribution in [0.4, 0.5) is 0 Å². The summed E-state index contributed by atoms with van der Waals surface area (Å²) in [6, 6.07) is 12.0. The normalized spacial score (nSPS) is 13.5. The van der Waals surface area contributed by atoms with Crippen LogP contribution in [0.5, 0.6) is 0 Å². The van der Waals surface area contributed by atoms with Gasteiger partial charge < -0.3 is 15.4 Å². The third kappa shape index (κ3) is 3.31. The van der Waals surface area contributed by atoms with Gasteiger partial charge in [0.05, 0.1) is 6.10 Å². The molecular weight excluding hydrogens is 328 g/mol. The minimum Gasteiger partial charge on any atom is -0.387 e. The number of para-hydroxylation sites is 1. The molecule has 4 rings (SSSR count). The molecule has 1 aromatic carbocycles. The van der Waals surface area contributed by atoms with Crippen LogP contribution >= 0.6 is 0 Å². The van der Waals surface area contributed by atoms with E-state index in [0.717, 1.165) is 17.5 Å². The summed E-state index contributed by atoms with van der Waals surface area (Å²) < 4.78 is 1.57. The Bertz CT molecular complexity index is 1030. The van der Waals surface area contributed by atoms with Crippen molar-refractivity contribution in [1.82, 2.24) is 30.3 Å². The molecule has 0 radical (unpaired) electrons. The molecule has 0 fully saturated rings. The van der Waals surface area contributed by atoms with Crippen molar-refractivity contribution in [2.45, 2.75) is 31.9 Å². The molecule has 3 heterocycles. The number of pyridine rings is 1. The molecule has 0 spiro atoms. The summed E-state index contributed by atoms with van der Waals surface area (Å²) in [7, 11) is 0. The fraction of sp³-hybridized carbons (Fsp3) is 0.316. The van der Waals surface area contributed by atoms with Gasteiger partial charge in [-0.3, -0.25) is 0 Å². The standard InChI is InChI=1S/C19H22N6O/c1-19(2,9-14-10-20-16-6-4-3-5-15(14)16)21-11-17(26)13-7-8-18-22-23-24-25(18)12-13/h3-8,10,12,17,20-21,26H,9,11H2,1-2H3/t17-/m0/s1. The smallest absolute Gasteiger partial charge is 0.179 e. The van der Waals surface area contributed by atoms with Gasteiger partial charge in [0.25, 0.3) is 0 Å². The Hall–Kier alpha value is -2.77. The Balaban J connectivity index is 1.43. The number of aliphatic hydroxyl groups is 1. The van der Waals surface area contributed by atoms with E-state index in [1.165, 1.54) is 10.9 Å². The lowest BCUT2D eigenvalue weighted by Crippen LogP contribution is -2.43. The average Bonchev–Trinajstić information content (AvgIpc) is 3.26. The van der Waals surface area contributed by atoms with Gasteiger partial charge in [-0.2, -0.15) is 0 Å². The first-order valence-electron chi connectivity index (χ1n) is 8.68. The highest BCUT2D eigenvalue weighted by Crippen LogP contribution is 2.23. The number of aromatic amines is 1. The van der Waals surface area contributed by atoms with Gasteiger partial charge in [-0.15, -0.1) is 5.10 Å². The molecule has 7 nitrogen and oxygen atoms in total. The van der Waals surface area contributed by atoms with E-state index in [9.17, 15) is 5.11 Å². The van der Waals surface area contributed by atoms with E-state index in [1.807, 2.05) is 12.1 Å². The van der Waals surface area contributed by atoms with Crippen LogP contribution in [-0.2, 0) is 6.42 Å². The predicted octanol–water partition coefficient (Wildman–Crippen LogP) is 2.25. The van der Waals surface area contributed by atoms with E-state index in [2.05, 4.69) is 64.1 Å². The van der Waals surface area contributed by atoms with Crippen molar-refractivity contribution in [1.29, 1.82) is 0 Å². The average molecular weight is 350 g/mol. The number of fused-ring (bicyclic) bond motifs is 2. The zero-order valence-corrected chi connectivity index (χ0v) is 14.8. The fourth-order valence-electron chi connectivity index (χ4n) is 3.26. The highest BCUT2D eigenvalue weighted by Gasteiger charge is 2.21. The first-order valence-corrected chi connectivity index (χ1v) is 8.68. The molecule has 0 aliphatic rings. The third-order valence-electron chi connectivity index (χ3n) is 4.68. The highest BCUT2D eigenvalue weighted by molar-refractivity contribution is 5.83. The van der Waals surface area contributed by atoms with Crippen molar-refractivity contribution in [3.63, 3.8) is 0 Å². The van der Waals surface area contributed by atoms with Crippen molar-refractivity contribution in [2.75, 3.05) is 6.54 Å². The SMILES string of the molecule is CC(C)(Cc1c[nH]c2ccccc12)NC[C@H](O)c1ccc2nnnn2c1. The quantitative estimate of drug-likeness (QED) is 0.496. The van der Waals surface area contributed by atoms with Crippen molar-refractivity contribution < 1.29 is 5.11 Å². The lowest BCUT2D eigenvalue weighted by atomic mass is 9.94. The van der Waals surface area contributed by atoms with Crippen LogP contribution in [-0.4, -0.2) is 42.2 Å². The van der Waals surface area contributed by atoms with Gasteiger partial charge in [0.2, 0.25) is 0 Å². The van der Waals surface area contributed by atoms with Gasteiger partial charge in [0.1, 0.15) is 0 Å². The van der Waals surface area contributed by atoms with Crippen LogP contribution in [0.15, 0.2) is 48.8 Å². The van der Waals surface area contributed by atoms with E-state index in [4.69, 9.17) is 0 Å². The number of tetrazole rings is 1. The van der Waals surface area contributed by atoms with Gasteiger partial charge in [-0.05, 0) is 48.4 Å². The largest absolute Gasteiger partial charge is 0.387 e. The maximum Gasteiger partial charge on any atom is 0.179 e. The number of rotatable bonds is 6. The maximum atomic E-state index is 10.5. The summed E-state index contributed by atoms with van der Waals surface area (Å²) in [5.74, 6) is 0. The van der Waals surface area contributed by atoms with Crippen LogP contribution in [0.3, 0.4) is 0 Å². The Morgan fingerprint density at radius 1 is 1.23 bits per heavy atom. The van der Waals surface area contributed by atoms with Crippen LogP contribution in [0, 0.1) is 0 Å². The van der Waals surface area contributed by atoms with Crippen molar-refractivity contribution >= 4 is 16.6 Å². The second-order valence-electron chi connectivity index (χ2n) is 7.26. The number of aliphatic hydroxyl groups excluding tert-OH is 1. The number of nitrogens with one attached hydrogen (secondary N) is 2. The number of aromatic nitrogens is 5. The molecule has 3 N–H and O–H groups in total. The van der Waals surface area contributed by atoms with Crippen LogP contribution in [0.1, 0.15) is 31.1 Å². The van der Waals surface area contributed by atoms with Gasteiger partial charge in [0.15, 0.2) is 5.65 Å². The summed E-state index contributed by atoms with van der Waals surface area (Å²) >= 11 is 0. The minimum absolute atomic E-state index is 0.162. The first kappa shape index (κ1) is 16.7. The number of β-amino-alcohol motifs (C(OH)–C–C–N with tert-alkyl or cyclic N) is 1. The number of hydrogen-bond acceptors (Lipinski definition) is 5. The Morgan fingerprint density at radius 3 is 2.96 bits per heavy atom. The molecule has 0 saturated heterocycles. The number of H-pyrrole nitrogens is 1. The Labute approximate surface area is 151 Å². The molecule has 0 aliphatic heterocycles. The highest BCUT2D eigenvalue weighted by atomic mass is 16.3. The number of nitrogens with zero attached hydrogens (tertiary/aromatic N) is 4. The molecule has 0 amide bonds. The second-order valence-corrected chi connectivity index (χ2v) is 7.26. The molecule has 26 heavy (non-hydrogen) atoms. The van der Waals surface area contributed by atoms with Crippen molar-refractivity contribution in [3.8, 4) is 0 Å². The lowest BCUT2D eigenvalue weighted by molar-refractivity contribution is 0.160. The summed E-state index contributed by atoms with van der Waals surface area (Å²) in [6.45, 7) is 4.74. The lowest BCUT2D eigenvalue weighted by Gasteiger charge is -2.28. The van der Waals surface area contributed by atoms with Crippen LogP contribution < -0.4 is 5.32 Å².